The topological polar surface area (TPSA) is 116 Å². The minimum atomic E-state index is -0.432. The van der Waals surface area contributed by atoms with Crippen LogP contribution in [0.15, 0.2) is 53.7 Å². The number of hydrogen-bond acceptors (Lipinski definition) is 8. The number of carbonyl (C=O) groups is 3. The first-order valence-corrected chi connectivity index (χ1v) is 9.47. The molecule has 0 saturated heterocycles. The summed E-state index contributed by atoms with van der Waals surface area (Å²) in [6.07, 6.45) is 0. The van der Waals surface area contributed by atoms with Gasteiger partial charge in [0.15, 0.2) is 5.78 Å². The highest BCUT2D eigenvalue weighted by atomic mass is 32.2. The van der Waals surface area contributed by atoms with Crippen molar-refractivity contribution in [3.05, 3.63) is 59.7 Å². The average molecular weight is 411 g/mol. The van der Waals surface area contributed by atoms with E-state index in [0.717, 1.165) is 0 Å². The second kappa shape index (κ2) is 9.11. The summed E-state index contributed by atoms with van der Waals surface area (Å²) in [6, 6.07) is 13.3. The Morgan fingerprint density at radius 3 is 2.31 bits per heavy atom. The smallest absolute Gasteiger partial charge is 0.337 e. The van der Waals surface area contributed by atoms with Crippen LogP contribution in [0.5, 0.6) is 0 Å². The molecule has 0 fully saturated rings. The zero-order valence-corrected chi connectivity index (χ0v) is 16.5. The van der Waals surface area contributed by atoms with Crippen LogP contribution in [-0.4, -0.2) is 50.7 Å². The van der Waals surface area contributed by atoms with E-state index in [1.165, 1.54) is 30.5 Å². The molecule has 0 unspecified atom stereocenters. The number of ether oxygens (including phenoxy) is 1. The van der Waals surface area contributed by atoms with Gasteiger partial charge in [-0.05, 0) is 59.0 Å². The van der Waals surface area contributed by atoms with Crippen molar-refractivity contribution in [2.24, 2.45) is 0 Å². The van der Waals surface area contributed by atoms with E-state index >= 15 is 0 Å². The number of thioether (sulfide) groups is 1. The van der Waals surface area contributed by atoms with Crippen molar-refractivity contribution in [1.29, 1.82) is 0 Å². The van der Waals surface area contributed by atoms with Gasteiger partial charge in [-0.15, -0.1) is 5.10 Å². The fraction of sp³-hybridized carbons (Fsp3) is 0.158. The van der Waals surface area contributed by atoms with Crippen molar-refractivity contribution in [2.75, 3.05) is 18.2 Å². The molecule has 0 bridgehead atoms. The third-order valence-electron chi connectivity index (χ3n) is 3.83. The maximum atomic E-state index is 12.4. The van der Waals surface area contributed by atoms with Gasteiger partial charge in [0, 0.05) is 18.2 Å². The molecule has 0 spiro atoms. The minimum absolute atomic E-state index is 0.0973. The number of esters is 1. The number of rotatable bonds is 7. The second-order valence-electron chi connectivity index (χ2n) is 5.88. The summed E-state index contributed by atoms with van der Waals surface area (Å²) < 4.78 is 6.16. The number of carbonyl (C=O) groups excluding carboxylic acids is 3. The van der Waals surface area contributed by atoms with Gasteiger partial charge in [0.1, 0.15) is 0 Å². The first-order valence-electron chi connectivity index (χ1n) is 8.48. The number of nitrogens with zero attached hydrogens (tertiary/aromatic N) is 4. The number of ketones is 1. The van der Waals surface area contributed by atoms with Crippen molar-refractivity contribution >= 4 is 35.1 Å². The van der Waals surface area contributed by atoms with Gasteiger partial charge in [0.25, 0.3) is 0 Å². The standard InChI is InChI=1S/C19H17N5O4S/c1-12(25)20-15-7-3-13(4-8-15)17(26)11-29-19-21-22-23-24(19)16-9-5-14(6-10-16)18(27)28-2/h3-10H,11H2,1-2H3,(H,20,25). The Hall–Kier alpha value is -3.53. The summed E-state index contributed by atoms with van der Waals surface area (Å²) in [5.74, 6) is -0.566. The van der Waals surface area contributed by atoms with Crippen LogP contribution in [0.4, 0.5) is 5.69 Å². The molecular weight excluding hydrogens is 394 g/mol. The van der Waals surface area contributed by atoms with Crippen LogP contribution in [0.2, 0.25) is 0 Å². The maximum Gasteiger partial charge on any atom is 0.337 e. The SMILES string of the molecule is COC(=O)c1ccc(-n2nnnc2SCC(=O)c2ccc(NC(C)=O)cc2)cc1. The van der Waals surface area contributed by atoms with Crippen LogP contribution in [0.3, 0.4) is 0 Å². The monoisotopic (exact) mass is 411 g/mol. The molecule has 0 aliphatic rings. The summed E-state index contributed by atoms with van der Waals surface area (Å²) in [4.78, 5) is 35.0. The van der Waals surface area contributed by atoms with Gasteiger partial charge in [-0.3, -0.25) is 9.59 Å². The van der Waals surface area contributed by atoms with E-state index in [1.54, 1.807) is 48.5 Å². The molecule has 0 radical (unpaired) electrons. The fourth-order valence-electron chi connectivity index (χ4n) is 2.44. The lowest BCUT2D eigenvalue weighted by Crippen LogP contribution is -2.07. The highest BCUT2D eigenvalue weighted by Crippen LogP contribution is 2.20. The van der Waals surface area contributed by atoms with Gasteiger partial charge in [-0.25, -0.2) is 4.79 Å². The second-order valence-corrected chi connectivity index (χ2v) is 6.82. The van der Waals surface area contributed by atoms with Crippen LogP contribution in [0, 0.1) is 0 Å². The zero-order valence-electron chi connectivity index (χ0n) is 15.7. The molecule has 1 heterocycles. The van der Waals surface area contributed by atoms with Gasteiger partial charge in [0.2, 0.25) is 11.1 Å². The van der Waals surface area contributed by atoms with E-state index < -0.39 is 5.97 Å². The highest BCUT2D eigenvalue weighted by molar-refractivity contribution is 7.99. The van der Waals surface area contributed by atoms with E-state index in [1.807, 2.05) is 0 Å². The molecule has 2 aromatic carbocycles. The molecule has 1 aromatic heterocycles. The zero-order chi connectivity index (χ0) is 20.8. The Morgan fingerprint density at radius 1 is 1.03 bits per heavy atom. The summed E-state index contributed by atoms with van der Waals surface area (Å²) in [5, 5.41) is 14.6. The first kappa shape index (κ1) is 20.2. The molecule has 9 nitrogen and oxygen atoms in total. The van der Waals surface area contributed by atoms with Crippen molar-refractivity contribution in [2.45, 2.75) is 12.1 Å². The molecule has 0 saturated carbocycles. The van der Waals surface area contributed by atoms with Crippen LogP contribution in [-0.2, 0) is 9.53 Å². The minimum Gasteiger partial charge on any atom is -0.465 e. The first-order chi connectivity index (χ1) is 14.0. The van der Waals surface area contributed by atoms with Crippen molar-refractivity contribution < 1.29 is 19.1 Å². The fourth-order valence-corrected chi connectivity index (χ4v) is 3.23. The Bertz CT molecular complexity index is 1030. The number of amides is 1. The molecule has 0 atom stereocenters. The van der Waals surface area contributed by atoms with Gasteiger partial charge in [0.05, 0.1) is 24.1 Å². The third-order valence-corrected chi connectivity index (χ3v) is 4.75. The van der Waals surface area contributed by atoms with Crippen LogP contribution >= 0.6 is 11.8 Å². The largest absolute Gasteiger partial charge is 0.465 e. The predicted octanol–water partition coefficient (Wildman–Crippen LogP) is 2.38. The lowest BCUT2D eigenvalue weighted by atomic mass is 10.1. The number of benzene rings is 2. The summed E-state index contributed by atoms with van der Waals surface area (Å²) >= 11 is 1.20. The van der Waals surface area contributed by atoms with Crippen LogP contribution < -0.4 is 5.32 Å². The number of Topliss-reactive ketones (excluding diaryl/α,β-unsaturated/α-hetero) is 1. The quantitative estimate of drug-likeness (QED) is 0.358. The lowest BCUT2D eigenvalue weighted by Gasteiger charge is -2.06. The molecule has 3 rings (SSSR count). The summed E-state index contributed by atoms with van der Waals surface area (Å²) in [6.45, 7) is 1.42. The van der Waals surface area contributed by atoms with E-state index in [9.17, 15) is 14.4 Å². The van der Waals surface area contributed by atoms with Crippen molar-refractivity contribution in [3.63, 3.8) is 0 Å². The molecule has 29 heavy (non-hydrogen) atoms. The van der Waals surface area contributed by atoms with Gasteiger partial charge in [-0.2, -0.15) is 4.68 Å². The number of tetrazole rings is 1. The van der Waals surface area contributed by atoms with E-state index in [2.05, 4.69) is 25.6 Å². The Kier molecular flexibility index (Phi) is 6.35. The highest BCUT2D eigenvalue weighted by Gasteiger charge is 2.14. The average Bonchev–Trinajstić information content (AvgIpc) is 3.20. The summed E-state index contributed by atoms with van der Waals surface area (Å²) in [5.41, 5.74) is 2.21. The molecule has 1 amide bonds. The molecule has 0 aliphatic heterocycles. The number of nitrogens with one attached hydrogen (secondary N) is 1. The Labute approximate surface area is 170 Å². The molecular formula is C19H17N5O4S. The van der Waals surface area contributed by atoms with Crippen LogP contribution in [0.1, 0.15) is 27.6 Å². The molecule has 0 aliphatic carbocycles. The van der Waals surface area contributed by atoms with Gasteiger partial charge >= 0.3 is 5.97 Å². The Balaban J connectivity index is 1.66. The number of aromatic nitrogens is 4. The number of hydrogen-bond donors (Lipinski definition) is 1. The normalized spacial score (nSPS) is 10.4. The number of methoxy groups -OCH3 is 1. The van der Waals surface area contributed by atoms with Crippen LogP contribution in [0.25, 0.3) is 5.69 Å². The molecule has 1 N–H and O–H groups in total. The van der Waals surface area contributed by atoms with Gasteiger partial charge < -0.3 is 10.1 Å². The van der Waals surface area contributed by atoms with Crippen molar-refractivity contribution in [3.8, 4) is 5.69 Å². The number of anilines is 1. The van der Waals surface area contributed by atoms with E-state index in [-0.39, 0.29) is 17.4 Å². The van der Waals surface area contributed by atoms with Crippen molar-refractivity contribution in [1.82, 2.24) is 20.2 Å². The lowest BCUT2D eigenvalue weighted by molar-refractivity contribution is -0.114. The van der Waals surface area contributed by atoms with Gasteiger partial charge in [-0.1, -0.05) is 11.8 Å². The molecule has 10 heteroatoms. The predicted molar refractivity (Wildman–Crippen MR) is 106 cm³/mol. The molecule has 3 aromatic rings. The Morgan fingerprint density at radius 2 is 1.69 bits per heavy atom. The maximum absolute atomic E-state index is 12.4. The third kappa shape index (κ3) is 5.05. The van der Waals surface area contributed by atoms with E-state index in [4.69, 9.17) is 0 Å². The molecule has 148 valence electrons. The summed E-state index contributed by atoms with van der Waals surface area (Å²) in [7, 11) is 1.32. The van der Waals surface area contributed by atoms with E-state index in [0.29, 0.717) is 27.7 Å².